The lowest BCUT2D eigenvalue weighted by molar-refractivity contribution is -0.203. The maximum absolute atomic E-state index is 11.8. The molecule has 0 saturated carbocycles. The Morgan fingerprint density at radius 3 is 2.67 bits per heavy atom. The lowest BCUT2D eigenvalue weighted by atomic mass is 10.2. The third-order valence-corrected chi connectivity index (χ3v) is 2.03. The Morgan fingerprint density at radius 1 is 1.58 bits per heavy atom. The second kappa shape index (κ2) is 3.40. The molecule has 0 aromatic carbocycles. The summed E-state index contributed by atoms with van der Waals surface area (Å²) in [6, 6.07) is 0. The molecular formula is C6H6F3NOS. The summed E-state index contributed by atoms with van der Waals surface area (Å²) >= 11 is 1.10. The van der Waals surface area contributed by atoms with Crippen LogP contribution < -0.4 is 0 Å². The summed E-state index contributed by atoms with van der Waals surface area (Å²) < 4.78 is 35.3. The lowest BCUT2D eigenvalue weighted by Gasteiger charge is -2.12. The van der Waals surface area contributed by atoms with Crippen molar-refractivity contribution < 1.29 is 18.3 Å². The first-order valence-electron chi connectivity index (χ1n) is 3.13. The molecule has 0 fully saturated rings. The Morgan fingerprint density at radius 2 is 2.25 bits per heavy atom. The van der Waals surface area contributed by atoms with E-state index in [-0.39, 0.29) is 0 Å². The summed E-state index contributed by atoms with van der Waals surface area (Å²) in [7, 11) is 0. The molecule has 0 aliphatic carbocycles. The highest BCUT2D eigenvalue weighted by atomic mass is 32.1. The average molecular weight is 197 g/mol. The lowest BCUT2D eigenvalue weighted by Crippen LogP contribution is -2.30. The molecule has 1 heterocycles. The van der Waals surface area contributed by atoms with Crippen LogP contribution in [0.2, 0.25) is 0 Å². The van der Waals surface area contributed by atoms with Crippen LogP contribution in [0.3, 0.4) is 0 Å². The van der Waals surface area contributed by atoms with Gasteiger partial charge in [-0.3, -0.25) is 0 Å². The molecule has 12 heavy (non-hydrogen) atoms. The third-order valence-electron chi connectivity index (χ3n) is 1.23. The highest BCUT2D eigenvalue weighted by Gasteiger charge is 2.38. The van der Waals surface area contributed by atoms with E-state index in [4.69, 9.17) is 5.11 Å². The molecule has 0 unspecified atom stereocenters. The van der Waals surface area contributed by atoms with Gasteiger partial charge in [-0.15, -0.1) is 11.3 Å². The van der Waals surface area contributed by atoms with Crippen LogP contribution in [0.1, 0.15) is 5.01 Å². The normalized spacial score (nSPS) is 14.7. The summed E-state index contributed by atoms with van der Waals surface area (Å²) in [5, 5.41) is 10.5. The molecule has 1 aromatic rings. The number of hydrogen-bond acceptors (Lipinski definition) is 3. The van der Waals surface area contributed by atoms with Gasteiger partial charge in [-0.1, -0.05) is 0 Å². The summed E-state index contributed by atoms with van der Waals surface area (Å²) in [4.78, 5) is 3.63. The zero-order valence-corrected chi connectivity index (χ0v) is 6.69. The van der Waals surface area contributed by atoms with Crippen molar-refractivity contribution in [2.75, 3.05) is 0 Å². The Hall–Kier alpha value is -0.620. The van der Waals surface area contributed by atoms with Gasteiger partial charge < -0.3 is 5.11 Å². The van der Waals surface area contributed by atoms with Crippen LogP contribution in [0, 0.1) is 0 Å². The number of rotatable bonds is 2. The summed E-state index contributed by atoms with van der Waals surface area (Å²) in [5.74, 6) is 0. The monoisotopic (exact) mass is 197 g/mol. The minimum Gasteiger partial charge on any atom is -0.383 e. The fourth-order valence-corrected chi connectivity index (χ4v) is 1.29. The zero-order valence-electron chi connectivity index (χ0n) is 5.88. The molecule has 2 nitrogen and oxygen atoms in total. The summed E-state index contributed by atoms with van der Waals surface area (Å²) in [5.41, 5.74) is 0. The Labute approximate surface area is 70.7 Å². The first-order valence-corrected chi connectivity index (χ1v) is 4.01. The predicted molar refractivity (Wildman–Crippen MR) is 37.9 cm³/mol. The molecule has 0 aliphatic rings. The smallest absolute Gasteiger partial charge is 0.383 e. The van der Waals surface area contributed by atoms with Gasteiger partial charge in [-0.2, -0.15) is 13.2 Å². The van der Waals surface area contributed by atoms with E-state index in [1.54, 1.807) is 5.38 Å². The predicted octanol–water partition coefficient (Wildman–Crippen LogP) is 1.61. The molecule has 0 radical (unpaired) electrons. The van der Waals surface area contributed by atoms with Gasteiger partial charge in [0.05, 0.1) is 5.01 Å². The fraction of sp³-hybridized carbons (Fsp3) is 0.500. The molecule has 68 valence electrons. The Kier molecular flexibility index (Phi) is 2.69. The highest BCUT2D eigenvalue weighted by Crippen LogP contribution is 2.23. The fourth-order valence-electron chi connectivity index (χ4n) is 0.635. The van der Waals surface area contributed by atoms with Crippen molar-refractivity contribution in [2.45, 2.75) is 18.7 Å². The quantitative estimate of drug-likeness (QED) is 0.781. The number of alkyl halides is 3. The molecular weight excluding hydrogens is 191 g/mol. The number of aromatic nitrogens is 1. The maximum Gasteiger partial charge on any atom is 0.414 e. The average Bonchev–Trinajstić information content (AvgIpc) is 2.37. The van der Waals surface area contributed by atoms with Gasteiger partial charge in [0.1, 0.15) is 0 Å². The Bertz CT molecular complexity index is 233. The van der Waals surface area contributed by atoms with Crippen molar-refractivity contribution in [3.05, 3.63) is 16.6 Å². The number of aliphatic hydroxyl groups is 1. The van der Waals surface area contributed by atoms with Crippen molar-refractivity contribution >= 4 is 11.3 Å². The molecule has 0 spiro atoms. The molecule has 0 amide bonds. The van der Waals surface area contributed by atoms with Gasteiger partial charge in [0.2, 0.25) is 0 Å². The summed E-state index contributed by atoms with van der Waals surface area (Å²) in [6.45, 7) is 0. The van der Waals surface area contributed by atoms with Gasteiger partial charge in [0.15, 0.2) is 6.10 Å². The van der Waals surface area contributed by atoms with Crippen molar-refractivity contribution in [3.8, 4) is 0 Å². The van der Waals surface area contributed by atoms with E-state index in [1.807, 2.05) is 0 Å². The maximum atomic E-state index is 11.8. The molecule has 1 aromatic heterocycles. The molecule has 1 N–H and O–H groups in total. The van der Waals surface area contributed by atoms with E-state index in [0.717, 1.165) is 11.3 Å². The second-order valence-electron chi connectivity index (χ2n) is 2.19. The van der Waals surface area contributed by atoms with Gasteiger partial charge in [0.25, 0.3) is 0 Å². The summed E-state index contributed by atoms with van der Waals surface area (Å²) in [6.07, 6.45) is -5.90. The van der Waals surface area contributed by atoms with Gasteiger partial charge in [0, 0.05) is 18.0 Å². The number of halogens is 3. The van der Waals surface area contributed by atoms with E-state index >= 15 is 0 Å². The van der Waals surface area contributed by atoms with Crippen LogP contribution in [0.4, 0.5) is 13.2 Å². The number of nitrogens with zero attached hydrogens (tertiary/aromatic N) is 1. The SMILES string of the molecule is O[C@H](Cc1nccs1)C(F)(F)F. The van der Waals surface area contributed by atoms with E-state index < -0.39 is 18.7 Å². The highest BCUT2D eigenvalue weighted by molar-refractivity contribution is 7.09. The topological polar surface area (TPSA) is 33.1 Å². The van der Waals surface area contributed by atoms with Gasteiger partial charge in [-0.25, -0.2) is 4.98 Å². The zero-order chi connectivity index (χ0) is 9.19. The van der Waals surface area contributed by atoms with E-state index in [9.17, 15) is 13.2 Å². The van der Waals surface area contributed by atoms with Gasteiger partial charge >= 0.3 is 6.18 Å². The minimum atomic E-state index is -4.55. The van der Waals surface area contributed by atoms with Crippen molar-refractivity contribution in [1.29, 1.82) is 0 Å². The molecule has 1 rings (SSSR count). The van der Waals surface area contributed by atoms with E-state index in [1.165, 1.54) is 6.20 Å². The molecule has 0 bridgehead atoms. The van der Waals surface area contributed by atoms with Crippen LogP contribution in [-0.2, 0) is 6.42 Å². The van der Waals surface area contributed by atoms with E-state index in [0.29, 0.717) is 5.01 Å². The number of hydrogen-bond donors (Lipinski definition) is 1. The number of thiazole rings is 1. The van der Waals surface area contributed by atoms with Crippen LogP contribution in [0.15, 0.2) is 11.6 Å². The largest absolute Gasteiger partial charge is 0.414 e. The first-order chi connectivity index (χ1) is 5.50. The third kappa shape index (κ3) is 2.46. The molecule has 0 saturated heterocycles. The molecule has 0 aliphatic heterocycles. The van der Waals surface area contributed by atoms with Crippen LogP contribution in [-0.4, -0.2) is 22.4 Å². The molecule has 6 heteroatoms. The van der Waals surface area contributed by atoms with Gasteiger partial charge in [-0.05, 0) is 0 Å². The standard InChI is InChI=1S/C6H6F3NOS/c7-6(8,9)4(11)3-5-10-1-2-12-5/h1-2,4,11H,3H2/t4-/m1/s1. The van der Waals surface area contributed by atoms with Crippen molar-refractivity contribution in [2.24, 2.45) is 0 Å². The second-order valence-corrected chi connectivity index (χ2v) is 3.17. The first kappa shape index (κ1) is 9.47. The molecule has 1 atom stereocenters. The van der Waals surface area contributed by atoms with Crippen molar-refractivity contribution in [3.63, 3.8) is 0 Å². The van der Waals surface area contributed by atoms with Crippen LogP contribution >= 0.6 is 11.3 Å². The number of aliphatic hydroxyl groups excluding tert-OH is 1. The van der Waals surface area contributed by atoms with Crippen molar-refractivity contribution in [1.82, 2.24) is 4.98 Å². The van der Waals surface area contributed by atoms with E-state index in [2.05, 4.69) is 4.98 Å². The van der Waals surface area contributed by atoms with Crippen LogP contribution in [0.5, 0.6) is 0 Å². The minimum absolute atomic E-state index is 0.292. The Balaban J connectivity index is 2.53. The van der Waals surface area contributed by atoms with Crippen LogP contribution in [0.25, 0.3) is 0 Å².